The Bertz CT molecular complexity index is 738. The van der Waals surface area contributed by atoms with E-state index in [0.717, 1.165) is 5.56 Å². The number of benzene rings is 2. The molecule has 0 saturated carbocycles. The van der Waals surface area contributed by atoms with Crippen LogP contribution in [0.2, 0.25) is 0 Å². The summed E-state index contributed by atoms with van der Waals surface area (Å²) in [6.07, 6.45) is 0.298. The fraction of sp³-hybridized carbons (Fsp3) is 0.167. The predicted molar refractivity (Wildman–Crippen MR) is 85.2 cm³/mol. The molecule has 2 aromatic rings. The molecule has 0 saturated heterocycles. The summed E-state index contributed by atoms with van der Waals surface area (Å²) in [6, 6.07) is 13.9. The van der Waals surface area contributed by atoms with E-state index in [9.17, 15) is 14.4 Å². The van der Waals surface area contributed by atoms with Crippen molar-refractivity contribution in [3.05, 3.63) is 59.7 Å². The second kappa shape index (κ2) is 7.92. The van der Waals surface area contributed by atoms with Gasteiger partial charge in [0, 0.05) is 6.07 Å². The molecule has 0 aromatic heterocycles. The number of Topliss-reactive ketones (excluding diaryl/α,β-unsaturated/α-hetero) is 1. The average molecular weight is 328 g/mol. The SMILES string of the molecule is COc1cc(OCc2ccccc2)cc(C(C=O)C(=O)C(=O)O)c1. The van der Waals surface area contributed by atoms with Crippen LogP contribution in [0.25, 0.3) is 0 Å². The van der Waals surface area contributed by atoms with Gasteiger partial charge in [-0.15, -0.1) is 0 Å². The molecular formula is C18H16O6. The minimum absolute atomic E-state index is 0.208. The van der Waals surface area contributed by atoms with Crippen LogP contribution in [-0.4, -0.2) is 30.3 Å². The summed E-state index contributed by atoms with van der Waals surface area (Å²) in [5.41, 5.74) is 1.15. The lowest BCUT2D eigenvalue weighted by Crippen LogP contribution is -2.22. The van der Waals surface area contributed by atoms with E-state index in [1.165, 1.54) is 19.2 Å². The lowest BCUT2D eigenvalue weighted by Gasteiger charge is -2.13. The molecule has 0 aliphatic carbocycles. The van der Waals surface area contributed by atoms with E-state index < -0.39 is 17.7 Å². The van der Waals surface area contributed by atoms with Crippen molar-refractivity contribution in [2.75, 3.05) is 7.11 Å². The van der Waals surface area contributed by atoms with Crippen molar-refractivity contribution in [2.45, 2.75) is 12.5 Å². The van der Waals surface area contributed by atoms with Crippen LogP contribution in [-0.2, 0) is 21.0 Å². The zero-order chi connectivity index (χ0) is 17.5. The first kappa shape index (κ1) is 17.2. The van der Waals surface area contributed by atoms with Gasteiger partial charge < -0.3 is 19.4 Å². The molecule has 0 radical (unpaired) electrons. The Labute approximate surface area is 138 Å². The molecule has 0 heterocycles. The molecule has 1 N–H and O–H groups in total. The molecule has 0 bridgehead atoms. The average Bonchev–Trinajstić information content (AvgIpc) is 2.61. The summed E-state index contributed by atoms with van der Waals surface area (Å²) in [7, 11) is 1.43. The highest BCUT2D eigenvalue weighted by Gasteiger charge is 2.27. The Balaban J connectivity index is 2.27. The third-order valence-corrected chi connectivity index (χ3v) is 3.37. The van der Waals surface area contributed by atoms with Gasteiger partial charge in [0.2, 0.25) is 0 Å². The van der Waals surface area contributed by atoms with Gasteiger partial charge in [0.25, 0.3) is 5.78 Å². The minimum Gasteiger partial charge on any atom is -0.497 e. The number of rotatable bonds is 8. The van der Waals surface area contributed by atoms with E-state index in [-0.39, 0.29) is 12.2 Å². The van der Waals surface area contributed by atoms with Crippen LogP contribution in [0, 0.1) is 0 Å². The Morgan fingerprint density at radius 2 is 1.79 bits per heavy atom. The van der Waals surface area contributed by atoms with Crippen molar-refractivity contribution in [3.63, 3.8) is 0 Å². The number of ether oxygens (including phenoxy) is 2. The lowest BCUT2D eigenvalue weighted by atomic mass is 9.95. The molecule has 124 valence electrons. The number of carbonyl (C=O) groups excluding carboxylic acids is 2. The maximum Gasteiger partial charge on any atom is 0.373 e. The number of carboxylic acids is 1. The molecule has 6 heteroatoms. The largest absolute Gasteiger partial charge is 0.497 e. The Morgan fingerprint density at radius 1 is 1.12 bits per heavy atom. The quantitative estimate of drug-likeness (QED) is 0.454. The number of ketones is 1. The van der Waals surface area contributed by atoms with Crippen molar-refractivity contribution in [2.24, 2.45) is 0 Å². The molecule has 6 nitrogen and oxygen atoms in total. The fourth-order valence-corrected chi connectivity index (χ4v) is 2.14. The molecule has 2 aromatic carbocycles. The van der Waals surface area contributed by atoms with Crippen LogP contribution in [0.5, 0.6) is 11.5 Å². The maximum absolute atomic E-state index is 11.7. The van der Waals surface area contributed by atoms with Gasteiger partial charge in [0.15, 0.2) is 0 Å². The molecule has 1 atom stereocenters. The van der Waals surface area contributed by atoms with E-state index in [1.54, 1.807) is 6.07 Å². The number of carboxylic acid groups (broad SMARTS) is 1. The topological polar surface area (TPSA) is 89.9 Å². The van der Waals surface area contributed by atoms with E-state index in [2.05, 4.69) is 0 Å². The molecular weight excluding hydrogens is 312 g/mol. The van der Waals surface area contributed by atoms with Gasteiger partial charge in [0.05, 0.1) is 7.11 Å². The maximum atomic E-state index is 11.7. The standard InChI is InChI=1S/C18H16O6/c1-23-14-7-13(16(10-19)17(20)18(21)22)8-15(9-14)24-11-12-5-3-2-4-6-12/h2-10,16H,11H2,1H3,(H,21,22). The minimum atomic E-state index is -1.67. The number of hydrogen-bond acceptors (Lipinski definition) is 5. The summed E-state index contributed by atoms with van der Waals surface area (Å²) < 4.78 is 10.8. The molecule has 0 fully saturated rings. The van der Waals surface area contributed by atoms with Gasteiger partial charge in [-0.3, -0.25) is 4.79 Å². The Kier molecular flexibility index (Phi) is 5.68. The number of aldehydes is 1. The van der Waals surface area contributed by atoms with Gasteiger partial charge in [-0.2, -0.15) is 0 Å². The number of carbonyl (C=O) groups is 3. The molecule has 24 heavy (non-hydrogen) atoms. The van der Waals surface area contributed by atoms with Crippen LogP contribution in [0.4, 0.5) is 0 Å². The van der Waals surface area contributed by atoms with Crippen LogP contribution < -0.4 is 9.47 Å². The molecule has 0 aliphatic heterocycles. The fourth-order valence-electron chi connectivity index (χ4n) is 2.14. The highest BCUT2D eigenvalue weighted by Crippen LogP contribution is 2.28. The summed E-state index contributed by atoms with van der Waals surface area (Å²) in [6.45, 7) is 0.284. The highest BCUT2D eigenvalue weighted by molar-refractivity contribution is 6.38. The highest BCUT2D eigenvalue weighted by atomic mass is 16.5. The van der Waals surface area contributed by atoms with E-state index >= 15 is 0 Å². The van der Waals surface area contributed by atoms with Crippen LogP contribution in [0.15, 0.2) is 48.5 Å². The summed E-state index contributed by atoms with van der Waals surface area (Å²) in [5, 5.41) is 8.82. The van der Waals surface area contributed by atoms with Gasteiger partial charge >= 0.3 is 5.97 Å². The zero-order valence-electron chi connectivity index (χ0n) is 13.0. The van der Waals surface area contributed by atoms with Crippen molar-refractivity contribution >= 4 is 18.0 Å². The summed E-state index contributed by atoms with van der Waals surface area (Å²) in [4.78, 5) is 33.7. The first-order valence-corrected chi connectivity index (χ1v) is 7.13. The second-order valence-corrected chi connectivity index (χ2v) is 5.00. The van der Waals surface area contributed by atoms with Crippen LogP contribution in [0.1, 0.15) is 17.0 Å². The second-order valence-electron chi connectivity index (χ2n) is 5.00. The third-order valence-electron chi connectivity index (χ3n) is 3.37. The van der Waals surface area contributed by atoms with E-state index in [0.29, 0.717) is 17.8 Å². The van der Waals surface area contributed by atoms with Crippen LogP contribution in [0.3, 0.4) is 0 Å². The molecule has 0 aliphatic rings. The Hall–Kier alpha value is -3.15. The van der Waals surface area contributed by atoms with Gasteiger partial charge in [-0.1, -0.05) is 30.3 Å². The van der Waals surface area contributed by atoms with Gasteiger partial charge in [-0.05, 0) is 23.3 Å². The molecule has 2 rings (SSSR count). The molecule has 0 spiro atoms. The zero-order valence-corrected chi connectivity index (χ0v) is 13.0. The van der Waals surface area contributed by atoms with Crippen molar-refractivity contribution in [1.82, 2.24) is 0 Å². The number of hydrogen-bond donors (Lipinski definition) is 1. The summed E-state index contributed by atoms with van der Waals surface area (Å²) >= 11 is 0. The van der Waals surface area contributed by atoms with Crippen molar-refractivity contribution < 1.29 is 29.0 Å². The molecule has 0 amide bonds. The monoisotopic (exact) mass is 328 g/mol. The first-order valence-electron chi connectivity index (χ1n) is 7.13. The smallest absolute Gasteiger partial charge is 0.373 e. The van der Waals surface area contributed by atoms with Crippen LogP contribution >= 0.6 is 0 Å². The van der Waals surface area contributed by atoms with E-state index in [4.69, 9.17) is 14.6 Å². The normalized spacial score (nSPS) is 11.4. The Morgan fingerprint density at radius 3 is 2.38 bits per heavy atom. The van der Waals surface area contributed by atoms with E-state index in [1.807, 2.05) is 30.3 Å². The molecule has 1 unspecified atom stereocenters. The van der Waals surface area contributed by atoms with Gasteiger partial charge in [0.1, 0.15) is 30.3 Å². The lowest BCUT2D eigenvalue weighted by molar-refractivity contribution is -0.150. The summed E-state index contributed by atoms with van der Waals surface area (Å²) in [5.74, 6) is -3.54. The number of aliphatic carboxylic acids is 1. The predicted octanol–water partition coefficient (Wildman–Crippen LogP) is 2.21. The third kappa shape index (κ3) is 4.19. The van der Waals surface area contributed by atoms with Crippen molar-refractivity contribution in [1.29, 1.82) is 0 Å². The first-order chi connectivity index (χ1) is 11.5. The number of methoxy groups -OCH3 is 1. The van der Waals surface area contributed by atoms with Gasteiger partial charge in [-0.25, -0.2) is 4.79 Å². The van der Waals surface area contributed by atoms with Crippen molar-refractivity contribution in [3.8, 4) is 11.5 Å².